The van der Waals surface area contributed by atoms with Gasteiger partial charge in [-0.1, -0.05) is 24.3 Å². The molecule has 3 aromatic rings. The molecule has 2 aromatic carbocycles. The molecule has 1 fully saturated rings. The Labute approximate surface area is 215 Å². The molecular formula is C27H32N6O4. The number of nitrogens with zero attached hydrogens (tertiary/aromatic N) is 3. The summed E-state index contributed by atoms with van der Waals surface area (Å²) in [5.74, 6) is -0.459. The van der Waals surface area contributed by atoms with Gasteiger partial charge in [-0.2, -0.15) is 5.10 Å². The van der Waals surface area contributed by atoms with Gasteiger partial charge in [0.05, 0.1) is 18.3 Å². The van der Waals surface area contributed by atoms with Crippen molar-refractivity contribution in [2.75, 3.05) is 25.0 Å². The lowest BCUT2D eigenvalue weighted by Gasteiger charge is -2.40. The molecular weight excluding hydrogens is 472 g/mol. The van der Waals surface area contributed by atoms with Crippen LogP contribution >= 0.6 is 0 Å². The molecule has 1 saturated heterocycles. The van der Waals surface area contributed by atoms with Gasteiger partial charge in [0.2, 0.25) is 0 Å². The number of H-pyrrole nitrogens is 1. The monoisotopic (exact) mass is 504 g/mol. The zero-order valence-corrected chi connectivity index (χ0v) is 21.1. The van der Waals surface area contributed by atoms with Crippen LogP contribution in [0.3, 0.4) is 0 Å². The fourth-order valence-corrected chi connectivity index (χ4v) is 5.24. The van der Waals surface area contributed by atoms with Gasteiger partial charge in [-0.3, -0.25) is 5.10 Å². The molecule has 0 spiro atoms. The first kappa shape index (κ1) is 24.6. The first-order valence-corrected chi connectivity index (χ1v) is 12.7. The number of aromatic amines is 1. The molecule has 37 heavy (non-hydrogen) atoms. The number of carbonyl (C=O) groups excluding carboxylic acids is 3. The van der Waals surface area contributed by atoms with E-state index in [0.717, 1.165) is 33.3 Å². The number of hydrogen-bond donors (Lipinski definition) is 3. The summed E-state index contributed by atoms with van der Waals surface area (Å²) < 4.78 is 5.26. The van der Waals surface area contributed by atoms with E-state index in [4.69, 9.17) is 4.74 Å². The van der Waals surface area contributed by atoms with Crippen molar-refractivity contribution in [3.63, 3.8) is 0 Å². The summed E-state index contributed by atoms with van der Waals surface area (Å²) in [4.78, 5) is 42.1. The van der Waals surface area contributed by atoms with Crippen LogP contribution in [0.15, 0.2) is 42.6 Å². The summed E-state index contributed by atoms with van der Waals surface area (Å²) in [5, 5.41) is 13.9. The summed E-state index contributed by atoms with van der Waals surface area (Å²) in [7, 11) is 0. The van der Waals surface area contributed by atoms with Crippen LogP contribution in [0.4, 0.5) is 15.3 Å². The highest BCUT2D eigenvalue weighted by atomic mass is 16.5. The molecule has 0 aliphatic carbocycles. The summed E-state index contributed by atoms with van der Waals surface area (Å²) >= 11 is 0. The number of ether oxygens (including phenoxy) is 1. The highest BCUT2D eigenvalue weighted by Gasteiger charge is 2.33. The third-order valence-corrected chi connectivity index (χ3v) is 7.17. The second kappa shape index (κ2) is 10.5. The number of aryl methyl sites for hydroxylation is 1. The number of rotatable bonds is 6. The number of esters is 1. The Balaban J connectivity index is 1.21. The molecule has 1 aromatic heterocycles. The molecule has 0 bridgehead atoms. The van der Waals surface area contributed by atoms with Crippen LogP contribution in [0.2, 0.25) is 0 Å². The average molecular weight is 505 g/mol. The van der Waals surface area contributed by atoms with E-state index >= 15 is 0 Å². The summed E-state index contributed by atoms with van der Waals surface area (Å²) in [6.45, 7) is 5.52. The van der Waals surface area contributed by atoms with E-state index in [2.05, 4.69) is 20.8 Å². The molecule has 0 radical (unpaired) electrons. The molecule has 10 nitrogen and oxygen atoms in total. The molecule has 1 atom stereocenters. The van der Waals surface area contributed by atoms with Gasteiger partial charge in [0, 0.05) is 43.2 Å². The number of amides is 4. The number of hydrogen-bond acceptors (Lipinski definition) is 5. The number of piperidine rings is 1. The molecule has 3 N–H and O–H groups in total. The van der Waals surface area contributed by atoms with E-state index in [1.54, 1.807) is 18.0 Å². The number of carbonyl (C=O) groups is 3. The van der Waals surface area contributed by atoms with Crippen LogP contribution in [0.1, 0.15) is 36.5 Å². The van der Waals surface area contributed by atoms with Gasteiger partial charge in [-0.15, -0.1) is 0 Å². The second-order valence-corrected chi connectivity index (χ2v) is 9.64. The maximum atomic E-state index is 13.2. The van der Waals surface area contributed by atoms with Crippen molar-refractivity contribution in [2.45, 2.75) is 51.7 Å². The van der Waals surface area contributed by atoms with E-state index in [-0.39, 0.29) is 24.7 Å². The first-order valence-electron chi connectivity index (χ1n) is 12.7. The number of benzene rings is 2. The van der Waals surface area contributed by atoms with Gasteiger partial charge in [0.25, 0.3) is 0 Å². The molecule has 2 aliphatic heterocycles. The zero-order valence-electron chi connectivity index (χ0n) is 21.1. The van der Waals surface area contributed by atoms with Gasteiger partial charge in [-0.25, -0.2) is 14.4 Å². The Morgan fingerprint density at radius 3 is 2.78 bits per heavy atom. The third kappa shape index (κ3) is 5.23. The number of aromatic nitrogens is 2. The Morgan fingerprint density at radius 1 is 1.22 bits per heavy atom. The van der Waals surface area contributed by atoms with Crippen molar-refractivity contribution < 1.29 is 19.1 Å². The van der Waals surface area contributed by atoms with E-state index < -0.39 is 12.0 Å². The minimum Gasteiger partial charge on any atom is -0.464 e. The number of para-hydroxylation sites is 1. The lowest BCUT2D eigenvalue weighted by atomic mass is 10.0. The van der Waals surface area contributed by atoms with Gasteiger partial charge in [0.15, 0.2) is 0 Å². The van der Waals surface area contributed by atoms with Gasteiger partial charge in [0.1, 0.15) is 6.04 Å². The lowest BCUT2D eigenvalue weighted by Crippen LogP contribution is -2.55. The fourth-order valence-electron chi connectivity index (χ4n) is 5.24. The lowest BCUT2D eigenvalue weighted by molar-refractivity contribution is -0.145. The molecule has 194 valence electrons. The average Bonchev–Trinajstić information content (AvgIpc) is 3.37. The largest absolute Gasteiger partial charge is 0.464 e. The Morgan fingerprint density at radius 2 is 2.00 bits per heavy atom. The number of fused-ring (bicyclic) bond motifs is 2. The van der Waals surface area contributed by atoms with Crippen LogP contribution < -0.4 is 10.6 Å². The highest BCUT2D eigenvalue weighted by Crippen LogP contribution is 2.27. The van der Waals surface area contributed by atoms with E-state index in [0.29, 0.717) is 38.9 Å². The highest BCUT2D eigenvalue weighted by molar-refractivity contribution is 5.92. The molecule has 4 amide bonds. The van der Waals surface area contributed by atoms with Crippen LogP contribution in [-0.2, 0) is 22.5 Å². The SMILES string of the molecule is CCOC(=O)C(Cc1cc(C)c2[nH]ncc2c1)NC(=O)N1CCC(N2Cc3ccccc3NC2=O)CC1. The van der Waals surface area contributed by atoms with Crippen molar-refractivity contribution in [1.82, 2.24) is 25.3 Å². The summed E-state index contributed by atoms with van der Waals surface area (Å²) in [6.07, 6.45) is 3.40. The Bertz CT molecular complexity index is 1310. The number of anilines is 1. The fraction of sp³-hybridized carbons (Fsp3) is 0.407. The predicted octanol–water partition coefficient (Wildman–Crippen LogP) is 3.57. The van der Waals surface area contributed by atoms with Crippen molar-refractivity contribution in [3.05, 3.63) is 59.3 Å². The number of urea groups is 2. The number of nitrogens with one attached hydrogen (secondary N) is 3. The Kier molecular flexibility index (Phi) is 6.98. The van der Waals surface area contributed by atoms with Crippen LogP contribution in [0.5, 0.6) is 0 Å². The molecule has 10 heteroatoms. The van der Waals surface area contributed by atoms with Crippen LogP contribution in [0.25, 0.3) is 10.9 Å². The molecule has 5 rings (SSSR count). The van der Waals surface area contributed by atoms with Crippen molar-refractivity contribution in [3.8, 4) is 0 Å². The van der Waals surface area contributed by atoms with Gasteiger partial charge in [-0.05, 0) is 55.5 Å². The van der Waals surface area contributed by atoms with Gasteiger partial charge >= 0.3 is 18.0 Å². The number of likely N-dealkylation sites (tertiary alicyclic amines) is 1. The van der Waals surface area contributed by atoms with Gasteiger partial charge < -0.3 is 25.2 Å². The van der Waals surface area contributed by atoms with Crippen molar-refractivity contribution >= 4 is 34.6 Å². The molecule has 3 heterocycles. The molecule has 1 unspecified atom stereocenters. The minimum atomic E-state index is -0.807. The van der Waals surface area contributed by atoms with Crippen molar-refractivity contribution in [2.24, 2.45) is 0 Å². The zero-order chi connectivity index (χ0) is 25.9. The van der Waals surface area contributed by atoms with Crippen LogP contribution in [0, 0.1) is 6.92 Å². The minimum absolute atomic E-state index is 0.0444. The Hall–Kier alpha value is -4.08. The van der Waals surface area contributed by atoms with E-state index in [9.17, 15) is 14.4 Å². The third-order valence-electron chi connectivity index (χ3n) is 7.17. The summed E-state index contributed by atoms with van der Waals surface area (Å²) in [6, 6.07) is 10.6. The standard InChI is InChI=1S/C27H32N6O4/c1-3-37-25(34)23(14-18-12-17(2)24-20(13-18)15-28-31-24)30-26(35)32-10-8-21(9-11-32)33-16-19-6-4-5-7-22(19)29-27(33)36/h4-7,12-13,15,21,23H,3,8-11,14,16H2,1-2H3,(H,28,31)(H,29,36)(H,30,35). The predicted molar refractivity (Wildman–Crippen MR) is 139 cm³/mol. The van der Waals surface area contributed by atoms with E-state index in [1.807, 2.05) is 48.2 Å². The maximum absolute atomic E-state index is 13.2. The topological polar surface area (TPSA) is 120 Å². The first-order chi connectivity index (χ1) is 17.9. The maximum Gasteiger partial charge on any atom is 0.329 e. The quantitative estimate of drug-likeness (QED) is 0.444. The van der Waals surface area contributed by atoms with Crippen molar-refractivity contribution in [1.29, 1.82) is 0 Å². The second-order valence-electron chi connectivity index (χ2n) is 9.64. The van der Waals surface area contributed by atoms with Crippen LogP contribution in [-0.4, -0.2) is 69.8 Å². The molecule has 2 aliphatic rings. The molecule has 0 saturated carbocycles. The smallest absolute Gasteiger partial charge is 0.329 e. The summed E-state index contributed by atoms with van der Waals surface area (Å²) in [5.41, 5.74) is 4.83. The normalized spacial score (nSPS) is 16.8. The van der Waals surface area contributed by atoms with E-state index in [1.165, 1.54) is 0 Å².